The summed E-state index contributed by atoms with van der Waals surface area (Å²) in [5, 5.41) is 5.55. The Balaban J connectivity index is 1.60. The summed E-state index contributed by atoms with van der Waals surface area (Å²) in [6.45, 7) is 3.28. The normalized spacial score (nSPS) is 13.9. The molecule has 0 radical (unpaired) electrons. The molecule has 37 heavy (non-hydrogen) atoms. The first-order chi connectivity index (χ1) is 18.0. The standard InChI is InChI=1S/C28H36N6O3/c1-3-33(22-11-5-4-6-12-22)27(37)20-14-15-24-23(18-20)31-28(32-26(36)21-10-9-16-30-19-21)34(24)17-8-7-13-25(35)29-2/h9-10,14-16,18-19,22H,3-8,11-13,17H2,1-2H3,(H,29,35)(H,31,32,36). The second-order valence-corrected chi connectivity index (χ2v) is 9.50. The van der Waals surface area contributed by atoms with Gasteiger partial charge in [0.25, 0.3) is 11.8 Å². The Labute approximate surface area is 217 Å². The Morgan fingerprint density at radius 2 is 1.89 bits per heavy atom. The molecular formula is C28H36N6O3. The molecule has 3 amide bonds. The van der Waals surface area contributed by atoms with E-state index in [1.54, 1.807) is 25.4 Å². The lowest BCUT2D eigenvalue weighted by atomic mass is 9.93. The third kappa shape index (κ3) is 6.34. The minimum Gasteiger partial charge on any atom is -0.359 e. The highest BCUT2D eigenvalue weighted by molar-refractivity contribution is 6.04. The Hall–Kier alpha value is -3.75. The van der Waals surface area contributed by atoms with Crippen LogP contribution in [0.1, 0.15) is 79.0 Å². The average Bonchev–Trinajstić information content (AvgIpc) is 3.28. The van der Waals surface area contributed by atoms with Gasteiger partial charge in [-0.25, -0.2) is 4.98 Å². The summed E-state index contributed by atoms with van der Waals surface area (Å²) in [7, 11) is 1.63. The molecular weight excluding hydrogens is 468 g/mol. The van der Waals surface area contributed by atoms with E-state index >= 15 is 0 Å². The third-order valence-corrected chi connectivity index (χ3v) is 7.08. The predicted octanol–water partition coefficient (Wildman–Crippen LogP) is 4.39. The number of rotatable bonds is 10. The van der Waals surface area contributed by atoms with Crippen LogP contribution in [0, 0.1) is 0 Å². The molecule has 1 aliphatic rings. The zero-order valence-electron chi connectivity index (χ0n) is 21.7. The van der Waals surface area contributed by atoms with E-state index in [9.17, 15) is 14.4 Å². The average molecular weight is 505 g/mol. The van der Waals surface area contributed by atoms with Gasteiger partial charge < -0.3 is 14.8 Å². The van der Waals surface area contributed by atoms with Gasteiger partial charge in [-0.1, -0.05) is 19.3 Å². The fourth-order valence-electron chi connectivity index (χ4n) is 5.06. The van der Waals surface area contributed by atoms with Crippen LogP contribution in [0.25, 0.3) is 11.0 Å². The molecule has 0 aliphatic heterocycles. The predicted molar refractivity (Wildman–Crippen MR) is 143 cm³/mol. The van der Waals surface area contributed by atoms with Gasteiger partial charge in [0, 0.05) is 50.6 Å². The van der Waals surface area contributed by atoms with Gasteiger partial charge in [0.2, 0.25) is 11.9 Å². The van der Waals surface area contributed by atoms with E-state index in [2.05, 4.69) is 15.6 Å². The Morgan fingerprint density at radius 3 is 2.59 bits per heavy atom. The number of aryl methyl sites for hydroxylation is 1. The van der Waals surface area contributed by atoms with Crippen LogP contribution in [0.5, 0.6) is 0 Å². The number of carbonyl (C=O) groups excluding carboxylic acids is 3. The topological polar surface area (TPSA) is 109 Å². The molecule has 196 valence electrons. The first-order valence-electron chi connectivity index (χ1n) is 13.2. The number of amides is 3. The van der Waals surface area contributed by atoms with Crippen molar-refractivity contribution in [2.45, 2.75) is 70.9 Å². The highest BCUT2D eigenvalue weighted by Crippen LogP contribution is 2.26. The van der Waals surface area contributed by atoms with Gasteiger partial charge in [-0.05, 0) is 62.9 Å². The lowest BCUT2D eigenvalue weighted by Crippen LogP contribution is -2.41. The highest BCUT2D eigenvalue weighted by Gasteiger charge is 2.26. The van der Waals surface area contributed by atoms with Gasteiger partial charge >= 0.3 is 0 Å². The SMILES string of the molecule is CCN(C(=O)c1ccc2c(c1)nc(NC(=O)c1cccnc1)n2CCCCC(=O)NC)C1CCCCC1. The maximum atomic E-state index is 13.5. The summed E-state index contributed by atoms with van der Waals surface area (Å²) in [5.74, 6) is 0.133. The van der Waals surface area contributed by atoms with Crippen molar-refractivity contribution in [1.29, 1.82) is 0 Å². The van der Waals surface area contributed by atoms with Gasteiger partial charge in [-0.3, -0.25) is 24.7 Å². The highest BCUT2D eigenvalue weighted by atomic mass is 16.2. The smallest absolute Gasteiger partial charge is 0.259 e. The van der Waals surface area contributed by atoms with E-state index in [0.29, 0.717) is 48.5 Å². The maximum Gasteiger partial charge on any atom is 0.259 e. The molecule has 0 saturated heterocycles. The maximum absolute atomic E-state index is 13.5. The van der Waals surface area contributed by atoms with Crippen molar-refractivity contribution in [3.05, 3.63) is 53.9 Å². The number of hydrogen-bond donors (Lipinski definition) is 2. The molecule has 0 spiro atoms. The molecule has 1 fully saturated rings. The van der Waals surface area contributed by atoms with Crippen LogP contribution in [0.2, 0.25) is 0 Å². The quantitative estimate of drug-likeness (QED) is 0.398. The van der Waals surface area contributed by atoms with Gasteiger partial charge in [0.05, 0.1) is 16.6 Å². The van der Waals surface area contributed by atoms with Crippen LogP contribution in [0.3, 0.4) is 0 Å². The number of aromatic nitrogens is 3. The number of anilines is 1. The molecule has 2 N–H and O–H groups in total. The van der Waals surface area contributed by atoms with Crippen molar-refractivity contribution in [1.82, 2.24) is 24.8 Å². The lowest BCUT2D eigenvalue weighted by Gasteiger charge is -2.33. The van der Waals surface area contributed by atoms with Gasteiger partial charge in [-0.15, -0.1) is 0 Å². The fraction of sp³-hybridized carbons (Fsp3) is 0.464. The van der Waals surface area contributed by atoms with E-state index in [1.165, 1.54) is 12.6 Å². The van der Waals surface area contributed by atoms with E-state index in [0.717, 1.165) is 37.6 Å². The zero-order valence-corrected chi connectivity index (χ0v) is 21.7. The molecule has 1 aromatic carbocycles. The van der Waals surface area contributed by atoms with E-state index < -0.39 is 0 Å². The molecule has 0 atom stereocenters. The van der Waals surface area contributed by atoms with Crippen LogP contribution in [-0.2, 0) is 11.3 Å². The van der Waals surface area contributed by atoms with Crippen molar-refractivity contribution in [2.24, 2.45) is 0 Å². The Morgan fingerprint density at radius 1 is 1.08 bits per heavy atom. The largest absolute Gasteiger partial charge is 0.359 e. The first kappa shape index (κ1) is 26.3. The molecule has 0 bridgehead atoms. The number of unbranched alkanes of at least 4 members (excludes halogenated alkanes) is 1. The van der Waals surface area contributed by atoms with Crippen molar-refractivity contribution in [2.75, 3.05) is 18.9 Å². The third-order valence-electron chi connectivity index (χ3n) is 7.08. The van der Waals surface area contributed by atoms with Gasteiger partial charge in [0.15, 0.2) is 0 Å². The van der Waals surface area contributed by atoms with Crippen molar-refractivity contribution in [3.63, 3.8) is 0 Å². The number of hydrogen-bond acceptors (Lipinski definition) is 5. The van der Waals surface area contributed by atoms with Crippen LogP contribution in [0.15, 0.2) is 42.7 Å². The number of carbonyl (C=O) groups is 3. The van der Waals surface area contributed by atoms with Crippen LogP contribution >= 0.6 is 0 Å². The molecule has 1 aliphatic carbocycles. The van der Waals surface area contributed by atoms with Crippen molar-refractivity contribution in [3.8, 4) is 0 Å². The fourth-order valence-corrected chi connectivity index (χ4v) is 5.06. The molecule has 2 heterocycles. The van der Waals surface area contributed by atoms with Crippen molar-refractivity contribution < 1.29 is 14.4 Å². The molecule has 0 unspecified atom stereocenters. The lowest BCUT2D eigenvalue weighted by molar-refractivity contribution is -0.120. The number of imidazole rings is 1. The summed E-state index contributed by atoms with van der Waals surface area (Å²) in [5.41, 5.74) is 2.52. The summed E-state index contributed by atoms with van der Waals surface area (Å²) in [6.07, 6.45) is 10.7. The monoisotopic (exact) mass is 504 g/mol. The van der Waals surface area contributed by atoms with Gasteiger partial charge in [0.1, 0.15) is 0 Å². The number of benzene rings is 1. The van der Waals surface area contributed by atoms with Crippen LogP contribution in [0.4, 0.5) is 5.95 Å². The number of pyridine rings is 1. The zero-order chi connectivity index (χ0) is 26.2. The summed E-state index contributed by atoms with van der Waals surface area (Å²) in [4.78, 5) is 48.7. The summed E-state index contributed by atoms with van der Waals surface area (Å²) < 4.78 is 1.94. The van der Waals surface area contributed by atoms with Crippen LogP contribution in [-0.4, -0.2) is 56.8 Å². The number of nitrogens with zero attached hydrogens (tertiary/aromatic N) is 4. The van der Waals surface area contributed by atoms with E-state index in [4.69, 9.17) is 4.98 Å². The number of nitrogens with one attached hydrogen (secondary N) is 2. The van der Waals surface area contributed by atoms with E-state index in [-0.39, 0.29) is 23.8 Å². The molecule has 9 nitrogen and oxygen atoms in total. The molecule has 1 saturated carbocycles. The Kier molecular flexibility index (Phi) is 8.87. The van der Waals surface area contributed by atoms with Gasteiger partial charge in [-0.2, -0.15) is 0 Å². The minimum atomic E-state index is -0.305. The summed E-state index contributed by atoms with van der Waals surface area (Å²) in [6, 6.07) is 9.27. The van der Waals surface area contributed by atoms with Crippen molar-refractivity contribution >= 4 is 34.7 Å². The minimum absolute atomic E-state index is 0.00203. The molecule has 3 aromatic rings. The van der Waals surface area contributed by atoms with Crippen LogP contribution < -0.4 is 10.6 Å². The molecule has 9 heteroatoms. The number of fused-ring (bicyclic) bond motifs is 1. The molecule has 2 aromatic heterocycles. The Bertz CT molecular complexity index is 1230. The van der Waals surface area contributed by atoms with E-state index in [1.807, 2.05) is 34.6 Å². The second kappa shape index (κ2) is 12.5. The second-order valence-electron chi connectivity index (χ2n) is 9.50. The molecule has 4 rings (SSSR count). The summed E-state index contributed by atoms with van der Waals surface area (Å²) >= 11 is 0. The first-order valence-corrected chi connectivity index (χ1v) is 13.2.